The Morgan fingerprint density at radius 2 is 1.79 bits per heavy atom. The van der Waals surface area contributed by atoms with Gasteiger partial charge in [-0.1, -0.05) is 18.2 Å². The molecular weight excluding hydrogens is 475 g/mol. The van der Waals surface area contributed by atoms with Crippen LogP contribution < -0.4 is 4.18 Å². The zero-order valence-electron chi connectivity index (χ0n) is 17.7. The number of halogens is 3. The van der Waals surface area contributed by atoms with E-state index in [1.54, 1.807) is 6.07 Å². The third kappa shape index (κ3) is 4.29. The second-order valence-corrected chi connectivity index (χ2v) is 8.68. The molecule has 2 aromatic heterocycles. The molecule has 2 aromatic carbocycles. The van der Waals surface area contributed by atoms with Crippen LogP contribution in [0.5, 0.6) is 5.88 Å². The molecule has 34 heavy (non-hydrogen) atoms. The van der Waals surface area contributed by atoms with Gasteiger partial charge in [0, 0.05) is 12.6 Å². The highest BCUT2D eigenvalue weighted by Crippen LogP contribution is 2.36. The summed E-state index contributed by atoms with van der Waals surface area (Å²) in [7, 11) is -3.07. The summed E-state index contributed by atoms with van der Waals surface area (Å²) >= 11 is 0. The van der Waals surface area contributed by atoms with Crippen LogP contribution in [0.4, 0.5) is 13.2 Å². The van der Waals surface area contributed by atoms with Crippen molar-refractivity contribution in [3.05, 3.63) is 83.6 Å². The number of aromatic nitrogens is 5. The highest BCUT2D eigenvalue weighted by Gasteiger charge is 2.38. The number of hydrogen-bond donors (Lipinski definition) is 0. The zero-order chi connectivity index (χ0) is 24.7. The lowest BCUT2D eigenvalue weighted by atomic mass is 9.97. The molecule has 0 unspecified atom stereocenters. The van der Waals surface area contributed by atoms with Crippen LogP contribution in [0.1, 0.15) is 27.2 Å². The zero-order valence-corrected chi connectivity index (χ0v) is 18.5. The van der Waals surface area contributed by atoms with Crippen LogP contribution in [0.25, 0.3) is 5.69 Å². The lowest BCUT2D eigenvalue weighted by Crippen LogP contribution is -2.17. The standard InChI is InChI=1S/C21H16F3N5O4S/c1-13-18(20(28(2)27-13)33-34(31,32)15-6-4-3-5-7-15)19(30)16-9-8-14(29-12-25-11-26-29)10-17(16)21(22,23)24/h3-12H,1-2H3. The molecule has 0 saturated heterocycles. The predicted octanol–water partition coefficient (Wildman–Crippen LogP) is 3.33. The highest BCUT2D eigenvalue weighted by atomic mass is 32.2. The van der Waals surface area contributed by atoms with Gasteiger partial charge in [-0.3, -0.25) is 4.79 Å². The number of carbonyl (C=O) groups excluding carboxylic acids is 1. The van der Waals surface area contributed by atoms with E-state index in [1.165, 1.54) is 50.6 Å². The Kier molecular flexibility index (Phi) is 5.73. The van der Waals surface area contributed by atoms with E-state index in [0.717, 1.165) is 27.8 Å². The van der Waals surface area contributed by atoms with Gasteiger partial charge in [0.1, 0.15) is 23.1 Å². The van der Waals surface area contributed by atoms with E-state index >= 15 is 0 Å². The molecule has 13 heteroatoms. The molecule has 4 aromatic rings. The van der Waals surface area contributed by atoms with Gasteiger partial charge in [0.15, 0.2) is 0 Å². The van der Waals surface area contributed by atoms with Crippen molar-refractivity contribution in [2.45, 2.75) is 18.0 Å². The van der Waals surface area contributed by atoms with Gasteiger partial charge in [-0.05, 0) is 37.3 Å². The van der Waals surface area contributed by atoms with Gasteiger partial charge in [0.25, 0.3) is 0 Å². The number of hydrogen-bond acceptors (Lipinski definition) is 7. The maximum atomic E-state index is 13.9. The van der Waals surface area contributed by atoms with E-state index in [1.807, 2.05) is 0 Å². The van der Waals surface area contributed by atoms with Gasteiger partial charge in [-0.15, -0.1) is 0 Å². The van der Waals surface area contributed by atoms with E-state index in [2.05, 4.69) is 15.2 Å². The maximum absolute atomic E-state index is 13.9. The van der Waals surface area contributed by atoms with Crippen molar-refractivity contribution in [2.24, 2.45) is 7.05 Å². The second-order valence-electron chi connectivity index (χ2n) is 7.14. The summed E-state index contributed by atoms with van der Waals surface area (Å²) in [6, 6.07) is 10.1. The summed E-state index contributed by atoms with van der Waals surface area (Å²) in [6.07, 6.45) is -2.53. The molecule has 0 spiro atoms. The summed E-state index contributed by atoms with van der Waals surface area (Å²) < 4.78 is 74.4. The molecular formula is C21H16F3N5O4S. The Morgan fingerprint density at radius 3 is 2.41 bits per heavy atom. The molecule has 0 amide bonds. The van der Waals surface area contributed by atoms with Crippen molar-refractivity contribution in [1.29, 1.82) is 0 Å². The second kappa shape index (κ2) is 8.41. The molecule has 4 rings (SSSR count). The molecule has 176 valence electrons. The smallest absolute Gasteiger partial charge is 0.358 e. The lowest BCUT2D eigenvalue weighted by molar-refractivity contribution is -0.137. The molecule has 0 N–H and O–H groups in total. The first-order valence-electron chi connectivity index (χ1n) is 9.63. The van der Waals surface area contributed by atoms with E-state index in [-0.39, 0.29) is 16.3 Å². The molecule has 9 nitrogen and oxygen atoms in total. The predicted molar refractivity (Wildman–Crippen MR) is 112 cm³/mol. The highest BCUT2D eigenvalue weighted by molar-refractivity contribution is 7.87. The number of carbonyl (C=O) groups is 1. The summed E-state index contributed by atoms with van der Waals surface area (Å²) in [5, 5.41) is 7.78. The Balaban J connectivity index is 1.82. The van der Waals surface area contributed by atoms with Crippen molar-refractivity contribution < 1.29 is 30.6 Å². The molecule has 0 aliphatic rings. The van der Waals surface area contributed by atoms with E-state index < -0.39 is 44.6 Å². The van der Waals surface area contributed by atoms with Crippen molar-refractivity contribution in [2.75, 3.05) is 0 Å². The third-order valence-electron chi connectivity index (χ3n) is 4.85. The van der Waals surface area contributed by atoms with Crippen LogP contribution in [-0.4, -0.2) is 38.7 Å². The van der Waals surface area contributed by atoms with E-state index in [0.29, 0.717) is 0 Å². The van der Waals surface area contributed by atoms with E-state index in [4.69, 9.17) is 4.18 Å². The van der Waals surface area contributed by atoms with Crippen LogP contribution in [0.15, 0.2) is 66.1 Å². The van der Waals surface area contributed by atoms with Gasteiger partial charge in [0.2, 0.25) is 11.7 Å². The number of aryl methyl sites for hydroxylation is 2. The van der Waals surface area contributed by atoms with Crippen molar-refractivity contribution >= 4 is 15.9 Å². The van der Waals surface area contributed by atoms with Crippen LogP contribution >= 0.6 is 0 Å². The molecule has 2 heterocycles. The van der Waals surface area contributed by atoms with Crippen molar-refractivity contribution in [3.63, 3.8) is 0 Å². The summed E-state index contributed by atoms with van der Waals surface area (Å²) in [4.78, 5) is 16.8. The average Bonchev–Trinajstić information content (AvgIpc) is 3.41. The third-order valence-corrected chi connectivity index (χ3v) is 6.08. The molecule has 0 bridgehead atoms. The molecule has 0 radical (unpaired) electrons. The number of rotatable bonds is 6. The van der Waals surface area contributed by atoms with Gasteiger partial charge in [-0.25, -0.2) is 14.3 Å². The normalized spacial score (nSPS) is 12.0. The summed E-state index contributed by atoms with van der Waals surface area (Å²) in [6.45, 7) is 1.37. The fourth-order valence-electron chi connectivity index (χ4n) is 3.32. The van der Waals surface area contributed by atoms with Crippen LogP contribution in [-0.2, 0) is 23.3 Å². The quantitative estimate of drug-likeness (QED) is 0.301. The SMILES string of the molecule is Cc1nn(C)c(OS(=O)(=O)c2ccccc2)c1C(=O)c1ccc(-n2cncn2)cc1C(F)(F)F. The van der Waals surface area contributed by atoms with Gasteiger partial charge in [-0.2, -0.15) is 31.8 Å². The summed E-state index contributed by atoms with van der Waals surface area (Å²) in [5.41, 5.74) is -2.30. The number of benzene rings is 2. The monoisotopic (exact) mass is 491 g/mol. The number of ketones is 1. The fraction of sp³-hybridized carbons (Fsp3) is 0.143. The van der Waals surface area contributed by atoms with Gasteiger partial charge in [0.05, 0.1) is 16.9 Å². The van der Waals surface area contributed by atoms with Gasteiger partial charge < -0.3 is 4.18 Å². The van der Waals surface area contributed by atoms with Crippen LogP contribution in [0, 0.1) is 6.92 Å². The van der Waals surface area contributed by atoms with Crippen LogP contribution in [0.3, 0.4) is 0 Å². The van der Waals surface area contributed by atoms with Crippen molar-refractivity contribution in [1.82, 2.24) is 24.5 Å². The first-order chi connectivity index (χ1) is 16.0. The average molecular weight is 491 g/mol. The molecule has 0 aliphatic carbocycles. The minimum atomic E-state index is -4.89. The Labute approximate surface area is 191 Å². The maximum Gasteiger partial charge on any atom is 0.417 e. The van der Waals surface area contributed by atoms with E-state index in [9.17, 15) is 26.4 Å². The van der Waals surface area contributed by atoms with Gasteiger partial charge >= 0.3 is 16.3 Å². The molecule has 0 aliphatic heterocycles. The first kappa shape index (κ1) is 23.2. The topological polar surface area (TPSA) is 109 Å². The molecule has 0 saturated carbocycles. The van der Waals surface area contributed by atoms with Crippen molar-refractivity contribution in [3.8, 4) is 11.6 Å². The Hall–Kier alpha value is -4.00. The number of alkyl halides is 3. The Morgan fingerprint density at radius 1 is 1.09 bits per heavy atom. The fourth-order valence-corrected chi connectivity index (χ4v) is 4.30. The Bertz CT molecular complexity index is 1460. The first-order valence-corrected chi connectivity index (χ1v) is 11.0. The summed E-state index contributed by atoms with van der Waals surface area (Å²) in [5.74, 6) is -1.60. The minimum Gasteiger partial charge on any atom is -0.358 e. The minimum absolute atomic E-state index is 0.000705. The molecule has 0 atom stereocenters. The van der Waals surface area contributed by atoms with Crippen LogP contribution in [0.2, 0.25) is 0 Å². The lowest BCUT2D eigenvalue weighted by Gasteiger charge is -2.15. The largest absolute Gasteiger partial charge is 0.417 e. The molecule has 0 fully saturated rings. The number of nitrogens with zero attached hydrogens (tertiary/aromatic N) is 5.